The molecule has 1 nitrogen and oxygen atoms in total. The Bertz CT molecular complexity index is 949. The minimum absolute atomic E-state index is 0.0208. The molecule has 0 saturated carbocycles. The van der Waals surface area contributed by atoms with Gasteiger partial charge in [0.15, 0.2) is 0 Å². The summed E-state index contributed by atoms with van der Waals surface area (Å²) in [5.74, 6) is -1.03. The Morgan fingerprint density at radius 1 is 0.852 bits per heavy atom. The molecule has 0 aliphatic carbocycles. The Balaban J connectivity index is 1.88. The highest BCUT2D eigenvalue weighted by molar-refractivity contribution is 7.78. The molecule has 0 aromatic heterocycles. The molecule has 0 bridgehead atoms. The number of halogens is 2. The van der Waals surface area contributed by atoms with Gasteiger partial charge in [0.05, 0.1) is 16.4 Å². The summed E-state index contributed by atoms with van der Waals surface area (Å²) < 4.78 is 29.0. The predicted molar refractivity (Wildman–Crippen MR) is 111 cm³/mol. The number of isothiocyanates is 1. The molecule has 0 radical (unpaired) electrons. The molecule has 0 saturated heterocycles. The van der Waals surface area contributed by atoms with E-state index in [0.29, 0.717) is 17.5 Å². The maximum Gasteiger partial charge on any atom is 0.134 e. The number of nitrogens with zero attached hydrogens (tertiary/aromatic N) is 1. The van der Waals surface area contributed by atoms with E-state index in [0.717, 1.165) is 29.7 Å². The number of rotatable bonds is 6. The van der Waals surface area contributed by atoms with Gasteiger partial charge in [0.25, 0.3) is 0 Å². The second-order valence-electron chi connectivity index (χ2n) is 6.37. The van der Waals surface area contributed by atoms with Crippen molar-refractivity contribution in [3.05, 3.63) is 77.9 Å². The lowest BCUT2D eigenvalue weighted by molar-refractivity contribution is 0.584. The third-order valence-electron chi connectivity index (χ3n) is 4.47. The zero-order valence-corrected chi connectivity index (χ0v) is 15.8. The number of aryl methyl sites for hydroxylation is 1. The monoisotopic (exact) mass is 379 g/mol. The van der Waals surface area contributed by atoms with Crippen LogP contribution in [0.2, 0.25) is 0 Å². The SMILES string of the molecule is CCCCc1cc(F)c(-c2ccc(-c3ccc(N=C=S)cc3)cc2)c(F)c1. The van der Waals surface area contributed by atoms with E-state index in [-0.39, 0.29) is 5.56 Å². The predicted octanol–water partition coefficient (Wildman–Crippen LogP) is 7.38. The van der Waals surface area contributed by atoms with Crippen LogP contribution in [0.25, 0.3) is 22.3 Å². The van der Waals surface area contributed by atoms with Gasteiger partial charge in [-0.05, 0) is 71.6 Å². The first-order chi connectivity index (χ1) is 13.1. The van der Waals surface area contributed by atoms with Crippen molar-refractivity contribution in [1.29, 1.82) is 0 Å². The number of thiocarbonyl (C=S) groups is 1. The van der Waals surface area contributed by atoms with E-state index >= 15 is 0 Å². The molecule has 27 heavy (non-hydrogen) atoms. The van der Waals surface area contributed by atoms with Gasteiger partial charge in [-0.3, -0.25) is 0 Å². The van der Waals surface area contributed by atoms with Crippen molar-refractivity contribution in [3.63, 3.8) is 0 Å². The number of hydrogen-bond acceptors (Lipinski definition) is 2. The van der Waals surface area contributed by atoms with Crippen LogP contribution in [-0.4, -0.2) is 5.16 Å². The van der Waals surface area contributed by atoms with Crippen molar-refractivity contribution in [3.8, 4) is 22.3 Å². The van der Waals surface area contributed by atoms with Gasteiger partial charge in [-0.15, -0.1) is 0 Å². The van der Waals surface area contributed by atoms with Gasteiger partial charge >= 0.3 is 0 Å². The first kappa shape index (κ1) is 19.1. The smallest absolute Gasteiger partial charge is 0.134 e. The van der Waals surface area contributed by atoms with Gasteiger partial charge in [0.1, 0.15) is 11.6 Å². The van der Waals surface area contributed by atoms with Crippen molar-refractivity contribution in [2.24, 2.45) is 4.99 Å². The second-order valence-corrected chi connectivity index (χ2v) is 6.55. The van der Waals surface area contributed by atoms with Crippen LogP contribution >= 0.6 is 12.2 Å². The van der Waals surface area contributed by atoms with Crippen molar-refractivity contribution in [2.45, 2.75) is 26.2 Å². The summed E-state index contributed by atoms with van der Waals surface area (Å²) >= 11 is 4.59. The molecule has 3 aromatic rings. The van der Waals surface area contributed by atoms with Crippen LogP contribution in [0.1, 0.15) is 25.3 Å². The number of benzene rings is 3. The summed E-state index contributed by atoms with van der Waals surface area (Å²) in [5, 5.41) is 2.33. The van der Waals surface area contributed by atoms with Crippen LogP contribution in [0.15, 0.2) is 65.7 Å². The average molecular weight is 379 g/mol. The standard InChI is InChI=1S/C23H19F2NS/c1-2-3-4-16-13-21(24)23(22(25)14-16)19-7-5-17(6-8-19)18-9-11-20(12-10-18)26-15-27/h5-14H,2-4H2,1H3. The van der Waals surface area contributed by atoms with Crippen molar-refractivity contribution in [1.82, 2.24) is 0 Å². The number of hydrogen-bond donors (Lipinski definition) is 0. The summed E-state index contributed by atoms with van der Waals surface area (Å²) in [6.07, 6.45) is 2.60. The van der Waals surface area contributed by atoms with Gasteiger partial charge in [0.2, 0.25) is 0 Å². The fourth-order valence-corrected chi connectivity index (χ4v) is 3.14. The third-order valence-corrected chi connectivity index (χ3v) is 4.56. The summed E-state index contributed by atoms with van der Waals surface area (Å²) in [4.78, 5) is 3.92. The van der Waals surface area contributed by atoms with E-state index in [1.165, 1.54) is 12.1 Å². The van der Waals surface area contributed by atoms with Crippen LogP contribution in [0.4, 0.5) is 14.5 Å². The second kappa shape index (κ2) is 8.81. The zero-order valence-electron chi connectivity index (χ0n) is 15.0. The van der Waals surface area contributed by atoms with Crippen LogP contribution in [0.3, 0.4) is 0 Å². The molecule has 0 aliphatic heterocycles. The Morgan fingerprint density at radius 2 is 1.37 bits per heavy atom. The lowest BCUT2D eigenvalue weighted by atomic mass is 9.97. The summed E-state index contributed by atoms with van der Waals surface area (Å²) in [7, 11) is 0. The Kier molecular flexibility index (Phi) is 6.23. The van der Waals surface area contributed by atoms with Crippen LogP contribution < -0.4 is 0 Å². The molecule has 0 atom stereocenters. The van der Waals surface area contributed by atoms with E-state index in [1.54, 1.807) is 12.1 Å². The van der Waals surface area contributed by atoms with Crippen LogP contribution in [0, 0.1) is 11.6 Å². The Hall–Kier alpha value is -2.68. The Morgan fingerprint density at radius 3 is 1.89 bits per heavy atom. The molecule has 3 rings (SSSR count). The van der Waals surface area contributed by atoms with Gasteiger partial charge < -0.3 is 0 Å². The van der Waals surface area contributed by atoms with Crippen molar-refractivity contribution in [2.75, 3.05) is 0 Å². The van der Waals surface area contributed by atoms with Gasteiger partial charge in [-0.1, -0.05) is 49.7 Å². The molecule has 0 heterocycles. The molecular formula is C23H19F2NS. The molecule has 0 spiro atoms. The van der Waals surface area contributed by atoms with Crippen LogP contribution in [-0.2, 0) is 6.42 Å². The highest BCUT2D eigenvalue weighted by Gasteiger charge is 2.13. The highest BCUT2D eigenvalue weighted by atomic mass is 32.1. The third kappa shape index (κ3) is 4.54. The molecule has 4 heteroatoms. The topological polar surface area (TPSA) is 12.4 Å². The van der Waals surface area contributed by atoms with Crippen molar-refractivity contribution < 1.29 is 8.78 Å². The molecule has 136 valence electrons. The van der Waals surface area contributed by atoms with E-state index in [2.05, 4.69) is 29.3 Å². The minimum atomic E-state index is -0.517. The molecule has 0 aliphatic rings. The number of unbranched alkanes of at least 4 members (excludes halogenated alkanes) is 1. The number of aliphatic imine (C=N–C) groups is 1. The van der Waals surface area contributed by atoms with E-state index < -0.39 is 11.6 Å². The largest absolute Gasteiger partial charge is 0.206 e. The maximum absolute atomic E-state index is 14.5. The van der Waals surface area contributed by atoms with E-state index in [4.69, 9.17) is 0 Å². The maximum atomic E-state index is 14.5. The van der Waals surface area contributed by atoms with Gasteiger partial charge in [-0.25, -0.2) is 8.78 Å². The summed E-state index contributed by atoms with van der Waals surface area (Å²) in [6.45, 7) is 2.06. The lowest BCUT2D eigenvalue weighted by Crippen LogP contribution is -1.95. The summed E-state index contributed by atoms with van der Waals surface area (Å²) in [5.41, 5.74) is 3.92. The van der Waals surface area contributed by atoms with E-state index in [1.807, 2.05) is 36.4 Å². The fourth-order valence-electron chi connectivity index (χ4n) is 3.04. The quantitative estimate of drug-likeness (QED) is 0.321. The molecule has 3 aromatic carbocycles. The molecule has 0 N–H and O–H groups in total. The van der Waals surface area contributed by atoms with Gasteiger partial charge in [0, 0.05) is 0 Å². The molecular weight excluding hydrogens is 360 g/mol. The average Bonchev–Trinajstić information content (AvgIpc) is 2.67. The normalized spacial score (nSPS) is 10.5. The minimum Gasteiger partial charge on any atom is -0.206 e. The highest BCUT2D eigenvalue weighted by Crippen LogP contribution is 2.30. The first-order valence-corrected chi connectivity index (χ1v) is 9.30. The van der Waals surface area contributed by atoms with Crippen molar-refractivity contribution >= 4 is 23.1 Å². The molecule has 0 amide bonds. The fraction of sp³-hybridized carbons (Fsp3) is 0.174. The molecule has 0 fully saturated rings. The van der Waals surface area contributed by atoms with E-state index in [9.17, 15) is 8.78 Å². The molecule has 0 unspecified atom stereocenters. The lowest BCUT2D eigenvalue weighted by Gasteiger charge is -2.10. The van der Waals surface area contributed by atoms with Gasteiger partial charge in [-0.2, -0.15) is 4.99 Å². The Labute approximate surface area is 163 Å². The first-order valence-electron chi connectivity index (χ1n) is 8.89. The summed E-state index contributed by atoms with van der Waals surface area (Å²) in [6, 6.07) is 17.6. The van der Waals surface area contributed by atoms with Crippen LogP contribution in [0.5, 0.6) is 0 Å². The zero-order chi connectivity index (χ0) is 19.2.